The molecule has 1 saturated heterocycles. The Kier molecular flexibility index (Phi) is 3.48. The van der Waals surface area contributed by atoms with Crippen molar-refractivity contribution in [3.05, 3.63) is 54.8 Å². The van der Waals surface area contributed by atoms with Crippen LogP contribution in [0.25, 0.3) is 5.82 Å². The zero-order valence-corrected chi connectivity index (χ0v) is 12.9. The smallest absolute Gasteiger partial charge is 0.137 e. The molecule has 20 heavy (non-hydrogen) atoms. The molecule has 104 valence electrons. The van der Waals surface area contributed by atoms with E-state index in [9.17, 15) is 0 Å². The van der Waals surface area contributed by atoms with E-state index >= 15 is 0 Å². The third kappa shape index (κ3) is 2.11. The van der Waals surface area contributed by atoms with E-state index in [4.69, 9.17) is 0 Å². The van der Waals surface area contributed by atoms with Crippen molar-refractivity contribution >= 4 is 17.0 Å². The fraction of sp³-hybridized carbons (Fsp3) is 0.333. The summed E-state index contributed by atoms with van der Waals surface area (Å²) in [6.45, 7) is 3.42. The van der Waals surface area contributed by atoms with Crippen molar-refractivity contribution in [1.29, 1.82) is 0 Å². The van der Waals surface area contributed by atoms with Gasteiger partial charge in [0, 0.05) is 37.1 Å². The average Bonchev–Trinajstić information content (AvgIpc) is 3.09. The highest BCUT2D eigenvalue weighted by molar-refractivity contribution is 8.93. The van der Waals surface area contributed by atoms with Gasteiger partial charge in [-0.25, -0.2) is 9.97 Å². The fourth-order valence-corrected chi connectivity index (χ4v) is 3.19. The number of hydrogen-bond donors (Lipinski definition) is 0. The average molecular weight is 333 g/mol. The predicted octanol–water partition coefficient (Wildman–Crippen LogP) is 2.36. The van der Waals surface area contributed by atoms with Gasteiger partial charge in [-0.3, -0.25) is 9.47 Å². The van der Waals surface area contributed by atoms with Gasteiger partial charge in [0.25, 0.3) is 0 Å². The van der Waals surface area contributed by atoms with Crippen LogP contribution in [0.4, 0.5) is 0 Å². The molecule has 0 N–H and O–H groups in total. The molecule has 2 atom stereocenters. The quantitative estimate of drug-likeness (QED) is 0.792. The van der Waals surface area contributed by atoms with Crippen molar-refractivity contribution in [3.8, 4) is 5.82 Å². The molecular weight excluding hydrogens is 316 g/mol. The molecular formula is C15H17BrN4. The van der Waals surface area contributed by atoms with E-state index in [1.54, 1.807) is 12.5 Å². The van der Waals surface area contributed by atoms with Gasteiger partial charge >= 0.3 is 0 Å². The monoisotopic (exact) mass is 332 g/mol. The summed E-state index contributed by atoms with van der Waals surface area (Å²) in [6, 6.07) is 4.29. The molecule has 0 aromatic carbocycles. The van der Waals surface area contributed by atoms with Crippen molar-refractivity contribution in [2.75, 3.05) is 19.6 Å². The molecule has 2 aromatic rings. The standard InChI is InChI=1S/C15H16N4.BrH/c1-4-15(5-8-18(7-1)11-15)13-2-3-14(17-10-13)19-9-6-16-12-19;/h1-4,6,9-10,12H,5,7-8,11H2;1H. The molecule has 0 saturated carbocycles. The number of hydrogen-bond acceptors (Lipinski definition) is 3. The molecule has 1 fully saturated rings. The van der Waals surface area contributed by atoms with Gasteiger partial charge in [-0.15, -0.1) is 17.0 Å². The van der Waals surface area contributed by atoms with Crippen LogP contribution in [0.3, 0.4) is 0 Å². The molecule has 2 aliphatic rings. The van der Waals surface area contributed by atoms with Gasteiger partial charge in [0.1, 0.15) is 12.1 Å². The Labute approximate surface area is 128 Å². The zero-order valence-electron chi connectivity index (χ0n) is 11.1. The number of halogens is 1. The molecule has 0 radical (unpaired) electrons. The van der Waals surface area contributed by atoms with Crippen LogP contribution in [-0.4, -0.2) is 39.1 Å². The number of rotatable bonds is 2. The van der Waals surface area contributed by atoms with Crippen molar-refractivity contribution in [2.45, 2.75) is 11.8 Å². The Bertz CT molecular complexity index is 605. The van der Waals surface area contributed by atoms with Crippen LogP contribution in [0, 0.1) is 0 Å². The van der Waals surface area contributed by atoms with Crippen LogP contribution in [0.15, 0.2) is 49.2 Å². The maximum atomic E-state index is 4.58. The molecule has 4 heterocycles. The predicted molar refractivity (Wildman–Crippen MR) is 83.6 cm³/mol. The number of nitrogens with zero attached hydrogens (tertiary/aromatic N) is 4. The van der Waals surface area contributed by atoms with Crippen molar-refractivity contribution in [1.82, 2.24) is 19.4 Å². The summed E-state index contributed by atoms with van der Waals surface area (Å²) >= 11 is 0. The van der Waals surface area contributed by atoms with Gasteiger partial charge in [0.2, 0.25) is 0 Å². The first-order chi connectivity index (χ1) is 9.36. The zero-order chi connectivity index (χ0) is 12.7. The lowest BCUT2D eigenvalue weighted by Crippen LogP contribution is -2.33. The van der Waals surface area contributed by atoms with Gasteiger partial charge < -0.3 is 0 Å². The fourth-order valence-electron chi connectivity index (χ4n) is 3.19. The second kappa shape index (κ2) is 5.14. The van der Waals surface area contributed by atoms with E-state index in [0.29, 0.717) is 0 Å². The summed E-state index contributed by atoms with van der Waals surface area (Å²) < 4.78 is 1.93. The maximum Gasteiger partial charge on any atom is 0.137 e. The summed E-state index contributed by atoms with van der Waals surface area (Å²) in [5.74, 6) is 0.923. The van der Waals surface area contributed by atoms with Gasteiger partial charge in [-0.1, -0.05) is 18.2 Å². The Hall–Kier alpha value is -1.46. The SMILES string of the molecule is Br.C1=CC2(c3ccc(-n4ccnc4)nc3)CCN(C1)C2. The molecule has 2 unspecified atom stereocenters. The third-order valence-corrected chi connectivity index (χ3v) is 4.27. The van der Waals surface area contributed by atoms with Gasteiger partial charge in [-0.2, -0.15) is 0 Å². The van der Waals surface area contributed by atoms with Crippen LogP contribution in [0.1, 0.15) is 12.0 Å². The topological polar surface area (TPSA) is 34.0 Å². The molecule has 4 rings (SSSR count). The Morgan fingerprint density at radius 1 is 1.25 bits per heavy atom. The molecule has 4 nitrogen and oxygen atoms in total. The van der Waals surface area contributed by atoms with Crippen LogP contribution in [0.2, 0.25) is 0 Å². The summed E-state index contributed by atoms with van der Waals surface area (Å²) in [7, 11) is 0. The maximum absolute atomic E-state index is 4.58. The summed E-state index contributed by atoms with van der Waals surface area (Å²) in [5, 5.41) is 0. The molecule has 2 aliphatic heterocycles. The van der Waals surface area contributed by atoms with Gasteiger partial charge in [0.05, 0.1) is 0 Å². The minimum Gasteiger partial charge on any atom is -0.298 e. The van der Waals surface area contributed by atoms with Crippen LogP contribution in [0.5, 0.6) is 0 Å². The summed E-state index contributed by atoms with van der Waals surface area (Å²) in [4.78, 5) is 11.1. The normalized spacial score (nSPS) is 27.3. The molecule has 2 bridgehead atoms. The van der Waals surface area contributed by atoms with E-state index in [2.05, 4.69) is 39.2 Å². The lowest BCUT2D eigenvalue weighted by molar-refractivity contribution is 0.345. The van der Waals surface area contributed by atoms with E-state index in [1.807, 2.05) is 17.0 Å². The highest BCUT2D eigenvalue weighted by Gasteiger charge is 2.39. The largest absolute Gasteiger partial charge is 0.298 e. The van der Waals surface area contributed by atoms with E-state index < -0.39 is 0 Å². The van der Waals surface area contributed by atoms with Crippen LogP contribution >= 0.6 is 17.0 Å². The molecule has 0 aliphatic carbocycles. The first-order valence-corrected chi connectivity index (χ1v) is 6.71. The van der Waals surface area contributed by atoms with Crippen molar-refractivity contribution in [3.63, 3.8) is 0 Å². The highest BCUT2D eigenvalue weighted by Crippen LogP contribution is 2.38. The summed E-state index contributed by atoms with van der Waals surface area (Å²) in [5.41, 5.74) is 1.52. The minimum atomic E-state index is 0. The Balaban J connectivity index is 0.00000121. The molecule has 0 spiro atoms. The van der Waals surface area contributed by atoms with Crippen LogP contribution in [-0.2, 0) is 5.41 Å². The van der Waals surface area contributed by atoms with E-state index in [0.717, 1.165) is 18.9 Å². The van der Waals surface area contributed by atoms with Crippen molar-refractivity contribution in [2.24, 2.45) is 0 Å². The lowest BCUT2D eigenvalue weighted by atomic mass is 9.79. The number of imidazole rings is 1. The molecule has 2 aromatic heterocycles. The second-order valence-corrected chi connectivity index (χ2v) is 5.42. The summed E-state index contributed by atoms with van der Waals surface area (Å²) in [6.07, 6.45) is 13.4. The number of fused-ring (bicyclic) bond motifs is 2. The number of pyridine rings is 1. The first kappa shape index (κ1) is 13.5. The second-order valence-electron chi connectivity index (χ2n) is 5.42. The van der Waals surface area contributed by atoms with E-state index in [1.165, 1.54) is 18.5 Å². The van der Waals surface area contributed by atoms with E-state index in [-0.39, 0.29) is 22.4 Å². The first-order valence-electron chi connectivity index (χ1n) is 6.71. The molecule has 5 heteroatoms. The third-order valence-electron chi connectivity index (χ3n) is 4.27. The minimum absolute atomic E-state index is 0. The highest BCUT2D eigenvalue weighted by atomic mass is 79.9. The van der Waals surface area contributed by atoms with Gasteiger partial charge in [-0.05, 0) is 24.6 Å². The molecule has 0 amide bonds. The van der Waals surface area contributed by atoms with Crippen LogP contribution < -0.4 is 0 Å². The number of aromatic nitrogens is 3. The lowest BCUT2D eigenvalue weighted by Gasteiger charge is -2.29. The van der Waals surface area contributed by atoms with Crippen molar-refractivity contribution < 1.29 is 0 Å². The Morgan fingerprint density at radius 2 is 2.20 bits per heavy atom. The van der Waals surface area contributed by atoms with Gasteiger partial charge in [0.15, 0.2) is 0 Å². The Morgan fingerprint density at radius 3 is 2.95 bits per heavy atom.